The molecule has 4 rings (SSSR count). The van der Waals surface area contributed by atoms with Gasteiger partial charge in [-0.2, -0.15) is 5.21 Å². The van der Waals surface area contributed by atoms with Gasteiger partial charge in [0.15, 0.2) is 0 Å². The minimum atomic E-state index is -0.0580. The first-order valence-electron chi connectivity index (χ1n) is 9.50. The van der Waals surface area contributed by atoms with Crippen molar-refractivity contribution in [2.75, 3.05) is 13.2 Å². The summed E-state index contributed by atoms with van der Waals surface area (Å²) in [6.07, 6.45) is 2.09. The summed E-state index contributed by atoms with van der Waals surface area (Å²) in [5.41, 5.74) is 3.51. The van der Waals surface area contributed by atoms with Crippen molar-refractivity contribution < 1.29 is 9.53 Å². The summed E-state index contributed by atoms with van der Waals surface area (Å²) in [4.78, 5) is 15.4. The number of carbonyl (C=O) groups is 1. The number of aromatic nitrogens is 4. The van der Waals surface area contributed by atoms with E-state index in [2.05, 4.69) is 39.7 Å². The molecule has 28 heavy (non-hydrogen) atoms. The van der Waals surface area contributed by atoms with Gasteiger partial charge in [-0.3, -0.25) is 4.79 Å². The molecule has 0 saturated carbocycles. The average Bonchev–Trinajstić information content (AvgIpc) is 3.41. The molecule has 2 heterocycles. The molecule has 7 nitrogen and oxygen atoms in total. The fourth-order valence-corrected chi connectivity index (χ4v) is 3.60. The van der Waals surface area contributed by atoms with Crippen LogP contribution >= 0.6 is 0 Å². The van der Waals surface area contributed by atoms with Gasteiger partial charge in [0.05, 0.1) is 11.7 Å². The summed E-state index contributed by atoms with van der Waals surface area (Å²) in [5.74, 6) is 0.356. The number of amides is 1. The molecule has 1 atom stereocenters. The molecule has 1 amide bonds. The van der Waals surface area contributed by atoms with E-state index in [-0.39, 0.29) is 12.0 Å². The number of aryl methyl sites for hydroxylation is 1. The molecular weight excluding hydrogens is 354 g/mol. The van der Waals surface area contributed by atoms with Crippen LogP contribution in [0.3, 0.4) is 0 Å². The first kappa shape index (κ1) is 18.3. The molecule has 7 heteroatoms. The van der Waals surface area contributed by atoms with E-state index in [1.807, 2.05) is 41.3 Å². The maximum absolute atomic E-state index is 13.5. The SMILES string of the molecule is Cc1cccc(CN(C[C@@H]2CCCO2)C(=O)c2ccccc2-c2nn[nH]n2)c1. The zero-order valence-electron chi connectivity index (χ0n) is 15.8. The summed E-state index contributed by atoms with van der Waals surface area (Å²) in [6, 6.07) is 15.6. The summed E-state index contributed by atoms with van der Waals surface area (Å²) in [7, 11) is 0. The molecule has 1 fully saturated rings. The van der Waals surface area contributed by atoms with E-state index >= 15 is 0 Å². The highest BCUT2D eigenvalue weighted by molar-refractivity contribution is 6.00. The lowest BCUT2D eigenvalue weighted by Crippen LogP contribution is -2.37. The van der Waals surface area contributed by atoms with Gasteiger partial charge in [-0.05, 0) is 36.6 Å². The molecule has 144 valence electrons. The van der Waals surface area contributed by atoms with E-state index in [4.69, 9.17) is 4.74 Å². The molecule has 0 aliphatic carbocycles. The molecule has 1 aliphatic heterocycles. The van der Waals surface area contributed by atoms with Gasteiger partial charge in [-0.15, -0.1) is 10.2 Å². The van der Waals surface area contributed by atoms with Gasteiger partial charge in [0.25, 0.3) is 5.91 Å². The number of tetrazole rings is 1. The van der Waals surface area contributed by atoms with E-state index in [0.717, 1.165) is 25.0 Å². The van der Waals surface area contributed by atoms with Gasteiger partial charge in [-0.1, -0.05) is 48.0 Å². The predicted octanol–water partition coefficient (Wildman–Crippen LogP) is 3.00. The number of hydrogen-bond donors (Lipinski definition) is 1. The minimum Gasteiger partial charge on any atom is -0.376 e. The summed E-state index contributed by atoms with van der Waals surface area (Å²) >= 11 is 0. The lowest BCUT2D eigenvalue weighted by molar-refractivity contribution is 0.0508. The molecule has 1 aliphatic rings. The van der Waals surface area contributed by atoms with Crippen LogP contribution in [0.4, 0.5) is 0 Å². The van der Waals surface area contributed by atoms with Crippen LogP contribution in [-0.2, 0) is 11.3 Å². The number of rotatable bonds is 6. The molecule has 2 aromatic carbocycles. The number of aromatic amines is 1. The Bertz CT molecular complexity index is 935. The van der Waals surface area contributed by atoms with E-state index < -0.39 is 0 Å². The Balaban J connectivity index is 1.65. The number of hydrogen-bond acceptors (Lipinski definition) is 5. The van der Waals surface area contributed by atoms with E-state index in [0.29, 0.717) is 30.0 Å². The molecular formula is C21H23N5O2. The van der Waals surface area contributed by atoms with Crippen molar-refractivity contribution in [3.05, 3.63) is 65.2 Å². The summed E-state index contributed by atoms with van der Waals surface area (Å²) in [5, 5.41) is 14.2. The largest absolute Gasteiger partial charge is 0.376 e. The topological polar surface area (TPSA) is 84.0 Å². The van der Waals surface area contributed by atoms with Crippen LogP contribution in [0.25, 0.3) is 11.4 Å². The number of nitrogens with one attached hydrogen (secondary N) is 1. The highest BCUT2D eigenvalue weighted by atomic mass is 16.5. The third-order valence-electron chi connectivity index (χ3n) is 4.93. The number of nitrogens with zero attached hydrogens (tertiary/aromatic N) is 4. The molecule has 3 aromatic rings. The molecule has 1 saturated heterocycles. The van der Waals surface area contributed by atoms with Crippen molar-refractivity contribution in [2.24, 2.45) is 0 Å². The number of carbonyl (C=O) groups excluding carboxylic acids is 1. The molecule has 0 radical (unpaired) electrons. The normalized spacial score (nSPS) is 16.2. The Kier molecular flexibility index (Phi) is 5.43. The van der Waals surface area contributed by atoms with Gasteiger partial charge in [0.2, 0.25) is 5.82 Å². The second-order valence-electron chi connectivity index (χ2n) is 7.09. The molecule has 0 spiro atoms. The standard InChI is InChI=1S/C21H23N5O2/c1-15-6-4-7-16(12-15)13-26(14-17-8-5-11-28-17)21(27)19-10-3-2-9-18(19)20-22-24-25-23-20/h2-4,6-7,9-10,12,17H,5,8,11,13-14H2,1H3,(H,22,23,24,25)/t17-/m0/s1. The minimum absolute atomic E-state index is 0.0580. The monoisotopic (exact) mass is 377 g/mol. The Labute approximate surface area is 163 Å². The van der Waals surface area contributed by atoms with Crippen LogP contribution in [0.1, 0.15) is 34.3 Å². The van der Waals surface area contributed by atoms with E-state index in [1.54, 1.807) is 0 Å². The average molecular weight is 377 g/mol. The van der Waals surface area contributed by atoms with Crippen molar-refractivity contribution in [1.29, 1.82) is 0 Å². The number of H-pyrrole nitrogens is 1. The number of ether oxygens (including phenoxy) is 1. The fraction of sp³-hybridized carbons (Fsp3) is 0.333. The van der Waals surface area contributed by atoms with Crippen molar-refractivity contribution >= 4 is 5.91 Å². The Morgan fingerprint density at radius 1 is 1.25 bits per heavy atom. The zero-order chi connectivity index (χ0) is 19.3. The second kappa shape index (κ2) is 8.31. The van der Waals surface area contributed by atoms with Crippen LogP contribution < -0.4 is 0 Å². The predicted molar refractivity (Wildman–Crippen MR) is 105 cm³/mol. The van der Waals surface area contributed by atoms with Crippen molar-refractivity contribution in [3.8, 4) is 11.4 Å². The van der Waals surface area contributed by atoms with Crippen LogP contribution in [0.2, 0.25) is 0 Å². The molecule has 0 unspecified atom stereocenters. The number of benzene rings is 2. The van der Waals surface area contributed by atoms with Gasteiger partial charge >= 0.3 is 0 Å². The zero-order valence-corrected chi connectivity index (χ0v) is 15.8. The molecule has 1 aromatic heterocycles. The van der Waals surface area contributed by atoms with E-state index in [1.165, 1.54) is 5.56 Å². The van der Waals surface area contributed by atoms with Gasteiger partial charge in [0.1, 0.15) is 0 Å². The van der Waals surface area contributed by atoms with E-state index in [9.17, 15) is 4.79 Å². The second-order valence-corrected chi connectivity index (χ2v) is 7.09. The Morgan fingerprint density at radius 2 is 2.14 bits per heavy atom. The van der Waals surface area contributed by atoms with Crippen LogP contribution in [0, 0.1) is 6.92 Å². The summed E-state index contributed by atoms with van der Waals surface area (Å²) in [6.45, 7) is 3.91. The lowest BCUT2D eigenvalue weighted by Gasteiger charge is -2.26. The highest BCUT2D eigenvalue weighted by Gasteiger charge is 2.26. The van der Waals surface area contributed by atoms with Gasteiger partial charge in [-0.25, -0.2) is 0 Å². The van der Waals surface area contributed by atoms with Gasteiger partial charge < -0.3 is 9.64 Å². The first-order chi connectivity index (χ1) is 13.7. The van der Waals surface area contributed by atoms with Crippen LogP contribution in [0.5, 0.6) is 0 Å². The Hall–Kier alpha value is -3.06. The quantitative estimate of drug-likeness (QED) is 0.714. The molecule has 1 N–H and O–H groups in total. The maximum Gasteiger partial charge on any atom is 0.254 e. The van der Waals surface area contributed by atoms with Gasteiger partial charge in [0, 0.05) is 25.3 Å². The van der Waals surface area contributed by atoms with Crippen LogP contribution in [-0.4, -0.2) is 50.7 Å². The third kappa shape index (κ3) is 4.09. The van der Waals surface area contributed by atoms with Crippen LogP contribution in [0.15, 0.2) is 48.5 Å². The smallest absolute Gasteiger partial charge is 0.254 e. The first-order valence-corrected chi connectivity index (χ1v) is 9.50. The lowest BCUT2D eigenvalue weighted by atomic mass is 10.0. The van der Waals surface area contributed by atoms with Crippen molar-refractivity contribution in [3.63, 3.8) is 0 Å². The highest BCUT2D eigenvalue weighted by Crippen LogP contribution is 2.23. The molecule has 0 bridgehead atoms. The summed E-state index contributed by atoms with van der Waals surface area (Å²) < 4.78 is 5.80. The van der Waals surface area contributed by atoms with Crippen molar-refractivity contribution in [2.45, 2.75) is 32.4 Å². The third-order valence-corrected chi connectivity index (χ3v) is 4.93. The Morgan fingerprint density at radius 3 is 2.89 bits per heavy atom. The van der Waals surface area contributed by atoms with Crippen molar-refractivity contribution in [1.82, 2.24) is 25.5 Å². The fourth-order valence-electron chi connectivity index (χ4n) is 3.60. The maximum atomic E-state index is 13.5.